The number of carbonyl (C=O) groups excluding carboxylic acids is 1. The monoisotopic (exact) mass is 417 g/mol. The van der Waals surface area contributed by atoms with Crippen molar-refractivity contribution in [3.05, 3.63) is 23.9 Å². The number of nitrogens with zero attached hydrogens (tertiary/aromatic N) is 4. The lowest BCUT2D eigenvalue weighted by Gasteiger charge is -2.35. The van der Waals surface area contributed by atoms with Gasteiger partial charge in [0.2, 0.25) is 5.88 Å². The van der Waals surface area contributed by atoms with Crippen molar-refractivity contribution >= 4 is 12.1 Å². The maximum atomic E-state index is 12.4. The number of aliphatic imine (C=N–C) groups is 1. The SMILES string of the molecule is CCNC(=NCc1cccnc1OCC(F)(F)F)N1CCN(C(=O)OCC)CC1. The molecule has 0 radical (unpaired) electrons. The van der Waals surface area contributed by atoms with Crippen LogP contribution in [0.4, 0.5) is 18.0 Å². The Morgan fingerprint density at radius 2 is 1.93 bits per heavy atom. The molecule has 0 saturated carbocycles. The first-order valence-corrected chi connectivity index (χ1v) is 9.42. The highest BCUT2D eigenvalue weighted by Crippen LogP contribution is 2.20. The van der Waals surface area contributed by atoms with Crippen LogP contribution < -0.4 is 10.1 Å². The van der Waals surface area contributed by atoms with Gasteiger partial charge in [0, 0.05) is 44.5 Å². The van der Waals surface area contributed by atoms with Gasteiger partial charge >= 0.3 is 12.3 Å². The molecule has 1 aliphatic rings. The van der Waals surface area contributed by atoms with E-state index in [1.54, 1.807) is 24.0 Å². The van der Waals surface area contributed by atoms with E-state index in [1.165, 1.54) is 6.20 Å². The highest BCUT2D eigenvalue weighted by atomic mass is 19.4. The van der Waals surface area contributed by atoms with Crippen LogP contribution in [0.3, 0.4) is 0 Å². The summed E-state index contributed by atoms with van der Waals surface area (Å²) in [6.07, 6.45) is -3.40. The molecule has 1 aromatic rings. The molecule has 1 aromatic heterocycles. The van der Waals surface area contributed by atoms with Crippen molar-refractivity contribution in [1.82, 2.24) is 20.1 Å². The fraction of sp³-hybridized carbons (Fsp3) is 0.611. The lowest BCUT2D eigenvalue weighted by molar-refractivity contribution is -0.154. The fourth-order valence-corrected chi connectivity index (χ4v) is 2.73. The standard InChI is InChI=1S/C18H26F3N5O3/c1-3-22-16(25-8-10-26(11-9-25)17(27)28-4-2)24-12-14-6-5-7-23-15(14)29-13-18(19,20)21/h5-7H,3-4,8-13H2,1-2H3,(H,22,24). The zero-order chi connectivity index (χ0) is 21.3. The Bertz CT molecular complexity index is 692. The van der Waals surface area contributed by atoms with Crippen LogP contribution >= 0.6 is 0 Å². The Kier molecular flexibility index (Phi) is 8.34. The second-order valence-corrected chi connectivity index (χ2v) is 6.21. The molecule has 11 heteroatoms. The van der Waals surface area contributed by atoms with Crippen LogP contribution in [0.15, 0.2) is 23.3 Å². The number of piperazine rings is 1. The summed E-state index contributed by atoms with van der Waals surface area (Å²) in [5.41, 5.74) is 0.456. The van der Waals surface area contributed by atoms with E-state index in [0.717, 1.165) is 0 Å². The van der Waals surface area contributed by atoms with E-state index in [2.05, 4.69) is 15.3 Å². The van der Waals surface area contributed by atoms with E-state index >= 15 is 0 Å². The molecule has 2 heterocycles. The van der Waals surface area contributed by atoms with Crippen LogP contribution in [0.5, 0.6) is 5.88 Å². The van der Waals surface area contributed by atoms with Gasteiger partial charge in [0.1, 0.15) is 0 Å². The van der Waals surface area contributed by atoms with Gasteiger partial charge in [-0.3, -0.25) is 0 Å². The third-order valence-corrected chi connectivity index (χ3v) is 4.06. The number of pyridine rings is 1. The number of nitrogens with one attached hydrogen (secondary N) is 1. The number of halogens is 3. The summed E-state index contributed by atoms with van der Waals surface area (Å²) in [6, 6.07) is 3.25. The van der Waals surface area contributed by atoms with Gasteiger partial charge in [-0.2, -0.15) is 13.2 Å². The van der Waals surface area contributed by atoms with Crippen LogP contribution in [0.25, 0.3) is 0 Å². The van der Waals surface area contributed by atoms with Crippen molar-refractivity contribution in [3.8, 4) is 5.88 Å². The van der Waals surface area contributed by atoms with Gasteiger partial charge < -0.3 is 24.6 Å². The smallest absolute Gasteiger partial charge is 0.422 e. The molecule has 1 amide bonds. The van der Waals surface area contributed by atoms with E-state index in [1.807, 2.05) is 11.8 Å². The summed E-state index contributed by atoms with van der Waals surface area (Å²) in [7, 11) is 0. The Hall–Kier alpha value is -2.72. The van der Waals surface area contributed by atoms with Crippen LogP contribution in [0.1, 0.15) is 19.4 Å². The van der Waals surface area contributed by atoms with E-state index < -0.39 is 12.8 Å². The zero-order valence-electron chi connectivity index (χ0n) is 16.5. The van der Waals surface area contributed by atoms with Crippen molar-refractivity contribution in [2.45, 2.75) is 26.6 Å². The van der Waals surface area contributed by atoms with Crippen LogP contribution in [-0.2, 0) is 11.3 Å². The molecule has 162 valence electrons. The summed E-state index contributed by atoms with van der Waals surface area (Å²) in [6.45, 7) is 5.46. The zero-order valence-corrected chi connectivity index (χ0v) is 16.5. The average molecular weight is 417 g/mol. The molecular formula is C18H26F3N5O3. The molecule has 0 aliphatic carbocycles. The van der Waals surface area contributed by atoms with Gasteiger partial charge in [-0.05, 0) is 19.9 Å². The molecule has 2 rings (SSSR count). The minimum Gasteiger partial charge on any atom is -0.468 e. The van der Waals surface area contributed by atoms with E-state index in [4.69, 9.17) is 9.47 Å². The Morgan fingerprint density at radius 3 is 2.55 bits per heavy atom. The Balaban J connectivity index is 2.02. The second-order valence-electron chi connectivity index (χ2n) is 6.21. The van der Waals surface area contributed by atoms with Crippen molar-refractivity contribution in [3.63, 3.8) is 0 Å². The fourth-order valence-electron chi connectivity index (χ4n) is 2.73. The van der Waals surface area contributed by atoms with Crippen LogP contribution in [0, 0.1) is 0 Å². The van der Waals surface area contributed by atoms with Gasteiger partial charge in [0.05, 0.1) is 13.2 Å². The maximum absolute atomic E-state index is 12.4. The number of guanidine groups is 1. The van der Waals surface area contributed by atoms with Crippen molar-refractivity contribution in [2.75, 3.05) is 45.9 Å². The summed E-state index contributed by atoms with van der Waals surface area (Å²) in [5, 5.41) is 3.17. The number of alkyl halides is 3. The molecule has 0 unspecified atom stereocenters. The molecule has 0 atom stereocenters. The number of ether oxygens (including phenoxy) is 2. The predicted molar refractivity (Wildman–Crippen MR) is 101 cm³/mol. The highest BCUT2D eigenvalue weighted by molar-refractivity contribution is 5.80. The first-order chi connectivity index (χ1) is 13.8. The van der Waals surface area contributed by atoms with Crippen LogP contribution in [0.2, 0.25) is 0 Å². The first-order valence-electron chi connectivity index (χ1n) is 9.42. The lowest BCUT2D eigenvalue weighted by Crippen LogP contribution is -2.53. The number of aromatic nitrogens is 1. The van der Waals surface area contributed by atoms with E-state index in [9.17, 15) is 18.0 Å². The molecule has 29 heavy (non-hydrogen) atoms. The Labute approximate surface area is 167 Å². The molecule has 1 fully saturated rings. The third kappa shape index (κ3) is 7.31. The van der Waals surface area contributed by atoms with E-state index in [0.29, 0.717) is 50.9 Å². The van der Waals surface area contributed by atoms with Gasteiger partial charge in [0.15, 0.2) is 12.6 Å². The molecular weight excluding hydrogens is 391 g/mol. The number of hydrogen-bond acceptors (Lipinski definition) is 5. The number of carbonyl (C=O) groups is 1. The van der Waals surface area contributed by atoms with Crippen molar-refractivity contribution in [2.24, 2.45) is 4.99 Å². The van der Waals surface area contributed by atoms with Gasteiger partial charge in [0.25, 0.3) is 0 Å². The maximum Gasteiger partial charge on any atom is 0.422 e. The molecule has 0 bridgehead atoms. The topological polar surface area (TPSA) is 79.3 Å². The lowest BCUT2D eigenvalue weighted by atomic mass is 10.3. The molecule has 0 spiro atoms. The third-order valence-electron chi connectivity index (χ3n) is 4.06. The summed E-state index contributed by atoms with van der Waals surface area (Å²) < 4.78 is 47.1. The van der Waals surface area contributed by atoms with Crippen molar-refractivity contribution in [1.29, 1.82) is 0 Å². The molecule has 1 aliphatic heterocycles. The summed E-state index contributed by atoms with van der Waals surface area (Å²) in [4.78, 5) is 23.8. The van der Waals surface area contributed by atoms with Gasteiger partial charge in [-0.25, -0.2) is 14.8 Å². The number of hydrogen-bond donors (Lipinski definition) is 1. The van der Waals surface area contributed by atoms with Crippen molar-refractivity contribution < 1.29 is 27.4 Å². The average Bonchev–Trinajstić information content (AvgIpc) is 2.70. The highest BCUT2D eigenvalue weighted by Gasteiger charge is 2.29. The minimum absolute atomic E-state index is 0.0865. The summed E-state index contributed by atoms with van der Waals surface area (Å²) in [5.74, 6) is 0.526. The van der Waals surface area contributed by atoms with E-state index in [-0.39, 0.29) is 18.5 Å². The van der Waals surface area contributed by atoms with Gasteiger partial charge in [-0.15, -0.1) is 0 Å². The first kappa shape index (κ1) is 22.6. The molecule has 1 N–H and O–H groups in total. The number of amides is 1. The number of rotatable bonds is 6. The van der Waals surface area contributed by atoms with Crippen LogP contribution in [-0.4, -0.2) is 79.0 Å². The predicted octanol–water partition coefficient (Wildman–Crippen LogP) is 2.26. The quantitative estimate of drug-likeness (QED) is 0.565. The van der Waals surface area contributed by atoms with Gasteiger partial charge in [-0.1, -0.05) is 6.07 Å². The minimum atomic E-state index is -4.44. The molecule has 8 nitrogen and oxygen atoms in total. The largest absolute Gasteiger partial charge is 0.468 e. The molecule has 0 aromatic carbocycles. The normalized spacial score (nSPS) is 15.3. The second kappa shape index (κ2) is 10.7. The Morgan fingerprint density at radius 1 is 1.24 bits per heavy atom. The molecule has 1 saturated heterocycles. The summed E-state index contributed by atoms with van der Waals surface area (Å²) >= 11 is 0.